The summed E-state index contributed by atoms with van der Waals surface area (Å²) >= 11 is 12.1. The summed E-state index contributed by atoms with van der Waals surface area (Å²) < 4.78 is 5.00. The molecule has 7 heteroatoms. The number of aromatic carboxylic acids is 1. The summed E-state index contributed by atoms with van der Waals surface area (Å²) in [6.45, 7) is 0.186. The number of carbonyl (C=O) groups is 2. The standard InChI is InChI=1S/C17H15Cl2NO4/c1-24-15-6-5-10(7-12(15)17(22)23)9-20-16(21)8-11-13(18)3-2-4-14(11)19/h2-7H,8-9H2,1H3,(H,20,21)(H,22,23). The Bertz CT molecular complexity index is 757. The first kappa shape index (κ1) is 18.1. The van der Waals surface area contributed by atoms with Gasteiger partial charge in [0.25, 0.3) is 0 Å². The van der Waals surface area contributed by atoms with E-state index in [0.29, 0.717) is 21.2 Å². The molecule has 0 unspecified atom stereocenters. The fourth-order valence-corrected chi connectivity index (χ4v) is 2.69. The smallest absolute Gasteiger partial charge is 0.339 e. The zero-order valence-electron chi connectivity index (χ0n) is 12.8. The van der Waals surface area contributed by atoms with Crippen LogP contribution >= 0.6 is 23.2 Å². The van der Waals surface area contributed by atoms with Gasteiger partial charge >= 0.3 is 5.97 Å². The number of halogens is 2. The number of amides is 1. The number of hydrogen-bond acceptors (Lipinski definition) is 3. The second-order valence-electron chi connectivity index (χ2n) is 4.99. The van der Waals surface area contributed by atoms with E-state index in [-0.39, 0.29) is 30.2 Å². The predicted octanol–water partition coefficient (Wildman–Crippen LogP) is 3.56. The van der Waals surface area contributed by atoms with Gasteiger partial charge in [0.1, 0.15) is 11.3 Å². The lowest BCUT2D eigenvalue weighted by Gasteiger charge is -2.10. The van der Waals surface area contributed by atoms with Crippen LogP contribution < -0.4 is 10.1 Å². The van der Waals surface area contributed by atoms with Gasteiger partial charge < -0.3 is 15.2 Å². The molecule has 0 spiro atoms. The fraction of sp³-hybridized carbons (Fsp3) is 0.176. The number of ether oxygens (including phenoxy) is 1. The van der Waals surface area contributed by atoms with Crippen LogP contribution in [0.25, 0.3) is 0 Å². The summed E-state index contributed by atoms with van der Waals surface area (Å²) in [7, 11) is 1.40. The lowest BCUT2D eigenvalue weighted by atomic mass is 10.1. The summed E-state index contributed by atoms with van der Waals surface area (Å²) in [4.78, 5) is 23.3. The number of carboxylic acids is 1. The second-order valence-corrected chi connectivity index (χ2v) is 5.81. The summed E-state index contributed by atoms with van der Waals surface area (Å²) in [5, 5.41) is 12.7. The normalized spacial score (nSPS) is 10.3. The average molecular weight is 368 g/mol. The third-order valence-electron chi connectivity index (χ3n) is 3.38. The largest absolute Gasteiger partial charge is 0.496 e. The van der Waals surface area contributed by atoms with Crippen LogP contribution in [0.15, 0.2) is 36.4 Å². The Balaban J connectivity index is 2.04. The van der Waals surface area contributed by atoms with E-state index in [1.54, 1.807) is 30.3 Å². The highest BCUT2D eigenvalue weighted by atomic mass is 35.5. The molecule has 0 atom stereocenters. The molecular weight excluding hydrogens is 353 g/mol. The Morgan fingerprint density at radius 1 is 1.17 bits per heavy atom. The van der Waals surface area contributed by atoms with Crippen LogP contribution in [-0.4, -0.2) is 24.1 Å². The van der Waals surface area contributed by atoms with Crippen molar-refractivity contribution < 1.29 is 19.4 Å². The van der Waals surface area contributed by atoms with Crippen LogP contribution in [0.3, 0.4) is 0 Å². The van der Waals surface area contributed by atoms with Gasteiger partial charge in [0.15, 0.2) is 0 Å². The molecule has 0 bridgehead atoms. The Morgan fingerprint density at radius 2 is 1.83 bits per heavy atom. The zero-order chi connectivity index (χ0) is 17.7. The van der Waals surface area contributed by atoms with Crippen LogP contribution in [0.4, 0.5) is 0 Å². The van der Waals surface area contributed by atoms with Gasteiger partial charge in [-0.05, 0) is 35.4 Å². The van der Waals surface area contributed by atoms with Crippen molar-refractivity contribution in [2.75, 3.05) is 7.11 Å². The summed E-state index contributed by atoms with van der Waals surface area (Å²) in [5.74, 6) is -1.10. The summed E-state index contributed by atoms with van der Waals surface area (Å²) in [6, 6.07) is 9.74. The Morgan fingerprint density at radius 3 is 2.42 bits per heavy atom. The van der Waals surface area contributed by atoms with E-state index in [1.165, 1.54) is 13.2 Å². The van der Waals surface area contributed by atoms with Crippen molar-refractivity contribution >= 4 is 35.1 Å². The number of carbonyl (C=O) groups excluding carboxylic acids is 1. The topological polar surface area (TPSA) is 75.6 Å². The molecule has 0 fully saturated rings. The predicted molar refractivity (Wildman–Crippen MR) is 92.0 cm³/mol. The molecule has 0 aliphatic carbocycles. The van der Waals surface area contributed by atoms with E-state index in [9.17, 15) is 9.59 Å². The highest BCUT2D eigenvalue weighted by Crippen LogP contribution is 2.24. The fourth-order valence-electron chi connectivity index (χ4n) is 2.16. The molecule has 0 heterocycles. The Kier molecular flexibility index (Phi) is 6.06. The molecule has 0 aliphatic rings. The molecule has 0 radical (unpaired) electrons. The third kappa shape index (κ3) is 4.40. The van der Waals surface area contributed by atoms with Gasteiger partial charge in [-0.2, -0.15) is 0 Å². The van der Waals surface area contributed by atoms with Crippen LogP contribution in [0, 0.1) is 0 Å². The van der Waals surface area contributed by atoms with Crippen LogP contribution in [-0.2, 0) is 17.8 Å². The number of rotatable bonds is 6. The summed E-state index contributed by atoms with van der Waals surface area (Å²) in [5.41, 5.74) is 1.24. The van der Waals surface area contributed by atoms with E-state index >= 15 is 0 Å². The molecular formula is C17H15Cl2NO4. The molecule has 2 rings (SSSR count). The second kappa shape index (κ2) is 8.04. The monoisotopic (exact) mass is 367 g/mol. The Hall–Kier alpha value is -2.24. The van der Waals surface area contributed by atoms with E-state index in [2.05, 4.69) is 5.32 Å². The van der Waals surface area contributed by atoms with Crippen LogP contribution in [0.1, 0.15) is 21.5 Å². The lowest BCUT2D eigenvalue weighted by molar-refractivity contribution is -0.120. The zero-order valence-corrected chi connectivity index (χ0v) is 14.3. The maximum atomic E-state index is 12.1. The minimum absolute atomic E-state index is 0.0402. The molecule has 0 saturated heterocycles. The maximum absolute atomic E-state index is 12.1. The van der Waals surface area contributed by atoms with Crippen LogP contribution in [0.2, 0.25) is 10.0 Å². The van der Waals surface area contributed by atoms with E-state index in [0.717, 1.165) is 0 Å². The molecule has 2 N–H and O–H groups in total. The van der Waals surface area contributed by atoms with Gasteiger partial charge in [-0.1, -0.05) is 35.3 Å². The number of methoxy groups -OCH3 is 1. The van der Waals surface area contributed by atoms with Gasteiger partial charge in [-0.15, -0.1) is 0 Å². The molecule has 0 aromatic heterocycles. The number of carboxylic acid groups (broad SMARTS) is 1. The van der Waals surface area contributed by atoms with Gasteiger partial charge in [0.05, 0.1) is 13.5 Å². The van der Waals surface area contributed by atoms with Crippen molar-refractivity contribution in [3.63, 3.8) is 0 Å². The first-order valence-corrected chi connectivity index (χ1v) is 7.77. The number of nitrogens with one attached hydrogen (secondary N) is 1. The SMILES string of the molecule is COc1ccc(CNC(=O)Cc2c(Cl)cccc2Cl)cc1C(=O)O. The van der Waals surface area contributed by atoms with Crippen molar-refractivity contribution in [3.05, 3.63) is 63.1 Å². The molecule has 5 nitrogen and oxygen atoms in total. The number of hydrogen-bond donors (Lipinski definition) is 2. The van der Waals surface area contributed by atoms with E-state index in [1.807, 2.05) is 0 Å². The molecule has 126 valence electrons. The quantitative estimate of drug-likeness (QED) is 0.818. The first-order chi connectivity index (χ1) is 11.4. The highest BCUT2D eigenvalue weighted by molar-refractivity contribution is 6.36. The molecule has 0 aliphatic heterocycles. The highest BCUT2D eigenvalue weighted by Gasteiger charge is 2.13. The number of benzene rings is 2. The van der Waals surface area contributed by atoms with Crippen molar-refractivity contribution in [2.45, 2.75) is 13.0 Å². The van der Waals surface area contributed by atoms with Crippen molar-refractivity contribution in [3.8, 4) is 5.75 Å². The molecule has 2 aromatic carbocycles. The lowest BCUT2D eigenvalue weighted by Crippen LogP contribution is -2.25. The first-order valence-electron chi connectivity index (χ1n) is 7.02. The van der Waals surface area contributed by atoms with E-state index < -0.39 is 5.97 Å². The van der Waals surface area contributed by atoms with Crippen molar-refractivity contribution in [1.29, 1.82) is 0 Å². The minimum Gasteiger partial charge on any atom is -0.496 e. The van der Waals surface area contributed by atoms with Gasteiger partial charge in [-0.25, -0.2) is 4.79 Å². The van der Waals surface area contributed by atoms with Gasteiger partial charge in [0.2, 0.25) is 5.91 Å². The van der Waals surface area contributed by atoms with Crippen molar-refractivity contribution in [1.82, 2.24) is 5.32 Å². The van der Waals surface area contributed by atoms with Crippen LogP contribution in [0.5, 0.6) is 5.75 Å². The molecule has 0 saturated carbocycles. The minimum atomic E-state index is -1.09. The maximum Gasteiger partial charge on any atom is 0.339 e. The molecule has 2 aromatic rings. The Labute approximate surface area is 149 Å². The van der Waals surface area contributed by atoms with Gasteiger partial charge in [-0.3, -0.25) is 4.79 Å². The van der Waals surface area contributed by atoms with E-state index in [4.69, 9.17) is 33.0 Å². The summed E-state index contributed by atoms with van der Waals surface area (Å²) in [6.07, 6.45) is 0.0421. The average Bonchev–Trinajstić information content (AvgIpc) is 2.56. The van der Waals surface area contributed by atoms with Gasteiger partial charge in [0, 0.05) is 16.6 Å². The third-order valence-corrected chi connectivity index (χ3v) is 4.09. The molecule has 1 amide bonds. The van der Waals surface area contributed by atoms with Crippen molar-refractivity contribution in [2.24, 2.45) is 0 Å². The molecule has 24 heavy (non-hydrogen) atoms.